The number of nitrogens with zero attached hydrogens (tertiary/aromatic N) is 1. The van der Waals surface area contributed by atoms with Crippen LogP contribution < -0.4 is 5.32 Å². The Hall–Kier alpha value is -1.59. The summed E-state index contributed by atoms with van der Waals surface area (Å²) in [7, 11) is 0. The first-order valence-electron chi connectivity index (χ1n) is 7.16. The van der Waals surface area contributed by atoms with Crippen LogP contribution >= 0.6 is 11.3 Å². The molecule has 0 aliphatic rings. The molecule has 2 rings (SSSR count). The van der Waals surface area contributed by atoms with E-state index in [1.54, 1.807) is 23.2 Å². The topological polar surface area (TPSA) is 52.6 Å². The molecule has 0 aliphatic carbocycles. The number of hydrogen-bond donors (Lipinski definition) is 2. The molecule has 0 saturated carbocycles. The van der Waals surface area contributed by atoms with Crippen LogP contribution in [0.1, 0.15) is 26.3 Å². The monoisotopic (exact) mass is 306 g/mol. The van der Waals surface area contributed by atoms with E-state index in [4.69, 9.17) is 0 Å². The summed E-state index contributed by atoms with van der Waals surface area (Å²) < 4.78 is 1.23. The van der Waals surface area contributed by atoms with Crippen LogP contribution in [0.5, 0.6) is 0 Å². The van der Waals surface area contributed by atoms with Gasteiger partial charge in [0.25, 0.3) is 0 Å². The lowest BCUT2D eigenvalue weighted by Gasteiger charge is -2.28. The summed E-state index contributed by atoms with van der Waals surface area (Å²) in [5.41, 5.74) is 1.13. The molecule has 21 heavy (non-hydrogen) atoms. The molecule has 0 saturated heterocycles. The van der Waals surface area contributed by atoms with Crippen molar-refractivity contribution in [2.45, 2.75) is 39.5 Å². The van der Waals surface area contributed by atoms with Crippen LogP contribution in [0.2, 0.25) is 0 Å². The van der Waals surface area contributed by atoms with Gasteiger partial charge in [0, 0.05) is 23.8 Å². The minimum absolute atomic E-state index is 0.0545. The van der Waals surface area contributed by atoms with Crippen molar-refractivity contribution in [2.24, 2.45) is 0 Å². The highest BCUT2D eigenvalue weighted by Crippen LogP contribution is 2.25. The molecule has 0 radical (unpaired) electrons. The van der Waals surface area contributed by atoms with Gasteiger partial charge in [-0.3, -0.25) is 0 Å². The van der Waals surface area contributed by atoms with Crippen LogP contribution in [0.25, 0.3) is 10.1 Å². The first-order chi connectivity index (χ1) is 9.99. The molecule has 0 bridgehead atoms. The zero-order valence-corrected chi connectivity index (χ0v) is 13.5. The highest BCUT2D eigenvalue weighted by atomic mass is 32.1. The van der Waals surface area contributed by atoms with E-state index in [2.05, 4.69) is 22.8 Å². The number of hydrogen-bond acceptors (Lipinski definition) is 3. The SMILES string of the molecule is CC(O)CN(C(=O)NCc1csc2ccccc12)C(C)C. The molecule has 1 aromatic carbocycles. The van der Waals surface area contributed by atoms with Gasteiger partial charge in [0.15, 0.2) is 0 Å². The van der Waals surface area contributed by atoms with E-state index >= 15 is 0 Å². The Labute approximate surface area is 129 Å². The number of thiophene rings is 1. The number of carbonyl (C=O) groups is 1. The quantitative estimate of drug-likeness (QED) is 0.891. The Morgan fingerprint density at radius 2 is 2.05 bits per heavy atom. The lowest BCUT2D eigenvalue weighted by molar-refractivity contribution is 0.119. The summed E-state index contributed by atoms with van der Waals surface area (Å²) in [6.07, 6.45) is -0.528. The maximum atomic E-state index is 12.3. The number of fused-ring (bicyclic) bond motifs is 1. The Balaban J connectivity index is 2.02. The van der Waals surface area contributed by atoms with Crippen molar-refractivity contribution in [2.75, 3.05) is 6.54 Å². The van der Waals surface area contributed by atoms with E-state index in [0.29, 0.717) is 13.1 Å². The zero-order valence-electron chi connectivity index (χ0n) is 12.7. The molecule has 0 spiro atoms. The minimum atomic E-state index is -0.528. The van der Waals surface area contributed by atoms with Crippen molar-refractivity contribution in [3.63, 3.8) is 0 Å². The van der Waals surface area contributed by atoms with Crippen molar-refractivity contribution in [3.05, 3.63) is 35.2 Å². The Kier molecular flexibility index (Phi) is 5.20. The third-order valence-corrected chi connectivity index (χ3v) is 4.35. The first-order valence-corrected chi connectivity index (χ1v) is 8.04. The second kappa shape index (κ2) is 6.91. The molecule has 0 fully saturated rings. The number of aliphatic hydroxyl groups is 1. The summed E-state index contributed by atoms with van der Waals surface area (Å²) in [5.74, 6) is 0. The lowest BCUT2D eigenvalue weighted by Crippen LogP contribution is -2.46. The van der Waals surface area contributed by atoms with Crippen LogP contribution in [0, 0.1) is 0 Å². The summed E-state index contributed by atoms with van der Waals surface area (Å²) >= 11 is 1.69. The lowest BCUT2D eigenvalue weighted by atomic mass is 10.2. The molecule has 1 heterocycles. The van der Waals surface area contributed by atoms with Crippen molar-refractivity contribution >= 4 is 27.5 Å². The number of benzene rings is 1. The van der Waals surface area contributed by atoms with Gasteiger partial charge >= 0.3 is 6.03 Å². The Morgan fingerprint density at radius 1 is 1.33 bits per heavy atom. The maximum absolute atomic E-state index is 12.3. The highest BCUT2D eigenvalue weighted by molar-refractivity contribution is 7.17. The van der Waals surface area contributed by atoms with Gasteiger partial charge in [-0.1, -0.05) is 18.2 Å². The summed E-state index contributed by atoms with van der Waals surface area (Å²) in [4.78, 5) is 13.9. The third-order valence-electron chi connectivity index (χ3n) is 3.34. The van der Waals surface area contributed by atoms with E-state index < -0.39 is 6.10 Å². The van der Waals surface area contributed by atoms with Crippen LogP contribution in [0.4, 0.5) is 4.79 Å². The molecule has 1 aromatic heterocycles. The average molecular weight is 306 g/mol. The summed E-state index contributed by atoms with van der Waals surface area (Å²) in [5, 5.41) is 15.7. The molecule has 2 aromatic rings. The largest absolute Gasteiger partial charge is 0.392 e. The van der Waals surface area contributed by atoms with Crippen molar-refractivity contribution in [3.8, 4) is 0 Å². The smallest absolute Gasteiger partial charge is 0.317 e. The number of rotatable bonds is 5. The van der Waals surface area contributed by atoms with Crippen LogP contribution in [-0.4, -0.2) is 34.7 Å². The third kappa shape index (κ3) is 3.95. The molecule has 2 N–H and O–H groups in total. The molecule has 114 valence electrons. The van der Waals surface area contributed by atoms with E-state index in [0.717, 1.165) is 5.56 Å². The molecule has 2 amide bonds. The average Bonchev–Trinajstić information content (AvgIpc) is 2.85. The fourth-order valence-corrected chi connectivity index (χ4v) is 3.22. The number of aliphatic hydroxyl groups excluding tert-OH is 1. The van der Waals surface area contributed by atoms with E-state index in [9.17, 15) is 9.90 Å². The molecular weight excluding hydrogens is 284 g/mol. The normalized spacial score (nSPS) is 12.6. The van der Waals surface area contributed by atoms with Gasteiger partial charge in [-0.05, 0) is 43.2 Å². The van der Waals surface area contributed by atoms with Crippen LogP contribution in [0.15, 0.2) is 29.6 Å². The Bertz CT molecular complexity index is 607. The van der Waals surface area contributed by atoms with Gasteiger partial charge in [-0.25, -0.2) is 4.79 Å². The number of nitrogens with one attached hydrogen (secondary N) is 1. The molecule has 1 unspecified atom stereocenters. The van der Waals surface area contributed by atoms with Gasteiger partial charge < -0.3 is 15.3 Å². The summed E-state index contributed by atoms with van der Waals surface area (Å²) in [6.45, 7) is 6.43. The molecule has 5 heteroatoms. The number of carbonyl (C=O) groups excluding carboxylic acids is 1. The maximum Gasteiger partial charge on any atom is 0.317 e. The standard InChI is InChI=1S/C16H22N2O2S/c1-11(2)18(9-12(3)19)16(20)17-8-13-10-21-15-7-5-4-6-14(13)15/h4-7,10-12,19H,8-9H2,1-3H3,(H,17,20). The molecule has 4 nitrogen and oxygen atoms in total. The van der Waals surface area contributed by atoms with Gasteiger partial charge in [-0.2, -0.15) is 0 Å². The van der Waals surface area contributed by atoms with E-state index in [1.807, 2.05) is 26.0 Å². The van der Waals surface area contributed by atoms with E-state index in [-0.39, 0.29) is 12.1 Å². The summed E-state index contributed by atoms with van der Waals surface area (Å²) in [6, 6.07) is 8.10. The van der Waals surface area contributed by atoms with Gasteiger partial charge in [-0.15, -0.1) is 11.3 Å². The number of urea groups is 1. The highest BCUT2D eigenvalue weighted by Gasteiger charge is 2.18. The van der Waals surface area contributed by atoms with E-state index in [1.165, 1.54) is 10.1 Å². The fourth-order valence-electron chi connectivity index (χ4n) is 2.25. The molecular formula is C16H22N2O2S. The van der Waals surface area contributed by atoms with Crippen molar-refractivity contribution in [1.82, 2.24) is 10.2 Å². The fraction of sp³-hybridized carbons (Fsp3) is 0.438. The van der Waals surface area contributed by atoms with Crippen LogP contribution in [0.3, 0.4) is 0 Å². The van der Waals surface area contributed by atoms with Crippen LogP contribution in [-0.2, 0) is 6.54 Å². The van der Waals surface area contributed by atoms with Gasteiger partial charge in [0.05, 0.1) is 6.10 Å². The molecule has 1 atom stereocenters. The molecule has 0 aliphatic heterocycles. The second-order valence-electron chi connectivity index (χ2n) is 5.51. The minimum Gasteiger partial charge on any atom is -0.392 e. The van der Waals surface area contributed by atoms with Gasteiger partial charge in [0.1, 0.15) is 0 Å². The van der Waals surface area contributed by atoms with Crippen molar-refractivity contribution < 1.29 is 9.90 Å². The zero-order chi connectivity index (χ0) is 15.4. The predicted octanol–water partition coefficient (Wildman–Crippen LogP) is 3.20. The second-order valence-corrected chi connectivity index (χ2v) is 6.42. The van der Waals surface area contributed by atoms with Crippen molar-refractivity contribution in [1.29, 1.82) is 0 Å². The predicted molar refractivity (Wildman–Crippen MR) is 87.6 cm³/mol. The Morgan fingerprint density at radius 3 is 2.71 bits per heavy atom. The van der Waals surface area contributed by atoms with Gasteiger partial charge in [0.2, 0.25) is 0 Å². The first kappa shape index (κ1) is 15.8. The number of amides is 2.